The van der Waals surface area contributed by atoms with E-state index in [1.165, 1.54) is 43.6 Å². The minimum atomic E-state index is 0.541. The normalized spacial score (nSPS) is 20.2. The molecule has 0 aliphatic carbocycles. The molecule has 1 aliphatic heterocycles. The summed E-state index contributed by atoms with van der Waals surface area (Å²) in [5.74, 6) is 0.786. The van der Waals surface area contributed by atoms with E-state index in [9.17, 15) is 0 Å². The summed E-state index contributed by atoms with van der Waals surface area (Å²) in [6.45, 7) is 10.3. The number of rotatable bonds is 6. The van der Waals surface area contributed by atoms with Crippen LogP contribution in [0.3, 0.4) is 0 Å². The van der Waals surface area contributed by atoms with Gasteiger partial charge in [0, 0.05) is 24.8 Å². The monoisotopic (exact) mass is 260 g/mol. The third-order valence-corrected chi connectivity index (χ3v) is 4.10. The van der Waals surface area contributed by atoms with Crippen LogP contribution in [0.2, 0.25) is 0 Å². The molecule has 1 aromatic carbocycles. The third kappa shape index (κ3) is 3.50. The summed E-state index contributed by atoms with van der Waals surface area (Å²) in [6.07, 6.45) is 3.84. The van der Waals surface area contributed by atoms with E-state index in [1.807, 2.05) is 0 Å². The van der Waals surface area contributed by atoms with Gasteiger partial charge in [0.1, 0.15) is 0 Å². The van der Waals surface area contributed by atoms with Gasteiger partial charge < -0.3 is 10.2 Å². The molecule has 106 valence electrons. The van der Waals surface area contributed by atoms with Crippen molar-refractivity contribution in [3.05, 3.63) is 29.8 Å². The van der Waals surface area contributed by atoms with Crippen molar-refractivity contribution in [2.75, 3.05) is 24.5 Å². The van der Waals surface area contributed by atoms with Crippen molar-refractivity contribution in [2.45, 2.75) is 46.1 Å². The van der Waals surface area contributed by atoms with Crippen molar-refractivity contribution in [3.8, 4) is 0 Å². The molecule has 0 amide bonds. The van der Waals surface area contributed by atoms with Crippen LogP contribution in [0.4, 0.5) is 5.69 Å². The lowest BCUT2D eigenvalue weighted by Crippen LogP contribution is -2.38. The van der Waals surface area contributed by atoms with Gasteiger partial charge in [-0.05, 0) is 36.9 Å². The number of fused-ring (bicyclic) bond motifs is 1. The fourth-order valence-electron chi connectivity index (χ4n) is 3.24. The van der Waals surface area contributed by atoms with E-state index < -0.39 is 0 Å². The van der Waals surface area contributed by atoms with E-state index in [0.29, 0.717) is 6.04 Å². The highest BCUT2D eigenvalue weighted by atomic mass is 15.2. The average molecular weight is 260 g/mol. The van der Waals surface area contributed by atoms with E-state index in [2.05, 4.69) is 55.3 Å². The van der Waals surface area contributed by atoms with Gasteiger partial charge in [0.25, 0.3) is 0 Å². The molecule has 2 heteroatoms. The largest absolute Gasteiger partial charge is 0.371 e. The summed E-state index contributed by atoms with van der Waals surface area (Å²) in [7, 11) is 0. The summed E-state index contributed by atoms with van der Waals surface area (Å²) in [4.78, 5) is 2.59. The average Bonchev–Trinajstić information content (AvgIpc) is 2.42. The lowest BCUT2D eigenvalue weighted by Gasteiger charge is -2.37. The fourth-order valence-corrected chi connectivity index (χ4v) is 3.24. The van der Waals surface area contributed by atoms with Crippen LogP contribution in [0.25, 0.3) is 0 Å². The van der Waals surface area contributed by atoms with Crippen molar-refractivity contribution in [3.63, 3.8) is 0 Å². The summed E-state index contributed by atoms with van der Waals surface area (Å²) in [6, 6.07) is 9.46. The zero-order chi connectivity index (χ0) is 13.7. The first-order chi connectivity index (χ1) is 9.26. The predicted molar refractivity (Wildman–Crippen MR) is 83.8 cm³/mol. The van der Waals surface area contributed by atoms with Crippen LogP contribution in [0, 0.1) is 5.92 Å². The van der Waals surface area contributed by atoms with Gasteiger partial charge in [-0.1, -0.05) is 45.4 Å². The molecular formula is C17H28N2. The van der Waals surface area contributed by atoms with Gasteiger partial charge >= 0.3 is 0 Å². The lowest BCUT2D eigenvalue weighted by atomic mass is 9.95. The zero-order valence-electron chi connectivity index (χ0n) is 12.7. The molecule has 1 aliphatic rings. The molecule has 2 nitrogen and oxygen atoms in total. The molecule has 2 atom stereocenters. The second-order valence-corrected chi connectivity index (χ2v) is 5.80. The number of benzene rings is 1. The molecule has 19 heavy (non-hydrogen) atoms. The number of hydrogen-bond donors (Lipinski definition) is 1. The highest BCUT2D eigenvalue weighted by molar-refractivity contribution is 5.57. The van der Waals surface area contributed by atoms with Crippen LogP contribution in [0.15, 0.2) is 24.3 Å². The van der Waals surface area contributed by atoms with Crippen LogP contribution in [-0.4, -0.2) is 19.6 Å². The van der Waals surface area contributed by atoms with E-state index in [0.717, 1.165) is 12.5 Å². The van der Waals surface area contributed by atoms with E-state index in [4.69, 9.17) is 0 Å². The molecule has 2 rings (SSSR count). The van der Waals surface area contributed by atoms with Crippen molar-refractivity contribution < 1.29 is 0 Å². The van der Waals surface area contributed by atoms with Gasteiger partial charge in [-0.3, -0.25) is 0 Å². The van der Waals surface area contributed by atoms with Crippen LogP contribution < -0.4 is 10.2 Å². The van der Waals surface area contributed by atoms with Gasteiger partial charge in [-0.25, -0.2) is 0 Å². The van der Waals surface area contributed by atoms with Gasteiger partial charge in [0.2, 0.25) is 0 Å². The molecule has 1 heterocycles. The Kier molecular flexibility index (Phi) is 5.26. The van der Waals surface area contributed by atoms with E-state index >= 15 is 0 Å². The van der Waals surface area contributed by atoms with Crippen LogP contribution in [-0.2, 0) is 0 Å². The zero-order valence-corrected chi connectivity index (χ0v) is 12.7. The lowest BCUT2D eigenvalue weighted by molar-refractivity contribution is 0.456. The fraction of sp³-hybridized carbons (Fsp3) is 0.647. The first-order valence-corrected chi connectivity index (χ1v) is 7.83. The molecule has 0 bridgehead atoms. The van der Waals surface area contributed by atoms with Crippen molar-refractivity contribution >= 4 is 5.69 Å². The SMILES string of the molecule is CCCC(C)CN1CCC(NCC)c2ccccc21. The Labute approximate surface area is 118 Å². The van der Waals surface area contributed by atoms with Gasteiger partial charge in [-0.2, -0.15) is 0 Å². The highest BCUT2D eigenvalue weighted by Gasteiger charge is 2.24. The van der Waals surface area contributed by atoms with Crippen LogP contribution in [0.5, 0.6) is 0 Å². The molecule has 0 aromatic heterocycles. The van der Waals surface area contributed by atoms with Crippen molar-refractivity contribution in [2.24, 2.45) is 5.92 Å². The standard InChI is InChI=1S/C17H28N2/c1-4-8-14(3)13-19-12-11-16(18-5-2)15-9-6-7-10-17(15)19/h6-7,9-10,14,16,18H,4-5,8,11-13H2,1-3H3. The maximum absolute atomic E-state index is 3.61. The van der Waals surface area contributed by atoms with Gasteiger partial charge in [0.15, 0.2) is 0 Å². The maximum atomic E-state index is 3.61. The maximum Gasteiger partial charge on any atom is 0.0414 e. The van der Waals surface area contributed by atoms with Crippen molar-refractivity contribution in [1.82, 2.24) is 5.32 Å². The number of hydrogen-bond acceptors (Lipinski definition) is 2. The number of nitrogens with zero attached hydrogens (tertiary/aromatic N) is 1. The molecule has 0 saturated heterocycles. The second-order valence-electron chi connectivity index (χ2n) is 5.80. The highest BCUT2D eigenvalue weighted by Crippen LogP contribution is 2.34. The summed E-state index contributed by atoms with van der Waals surface area (Å²) >= 11 is 0. The van der Waals surface area contributed by atoms with Gasteiger partial charge in [-0.15, -0.1) is 0 Å². The minimum absolute atomic E-state index is 0.541. The Balaban J connectivity index is 2.13. The summed E-state index contributed by atoms with van der Waals surface area (Å²) < 4.78 is 0. The van der Waals surface area contributed by atoms with Crippen LogP contribution >= 0.6 is 0 Å². The van der Waals surface area contributed by atoms with Gasteiger partial charge in [0.05, 0.1) is 0 Å². The Bertz CT molecular complexity index is 389. The number of para-hydroxylation sites is 1. The molecule has 0 fully saturated rings. The quantitative estimate of drug-likeness (QED) is 0.832. The molecular weight excluding hydrogens is 232 g/mol. The third-order valence-electron chi connectivity index (χ3n) is 4.10. The Hall–Kier alpha value is -1.02. The Morgan fingerprint density at radius 1 is 1.32 bits per heavy atom. The molecule has 0 radical (unpaired) electrons. The predicted octanol–water partition coefficient (Wildman–Crippen LogP) is 3.98. The smallest absolute Gasteiger partial charge is 0.0414 e. The minimum Gasteiger partial charge on any atom is -0.371 e. The summed E-state index contributed by atoms with van der Waals surface area (Å²) in [5.41, 5.74) is 2.93. The topological polar surface area (TPSA) is 15.3 Å². The molecule has 1 N–H and O–H groups in total. The number of nitrogens with one attached hydrogen (secondary N) is 1. The van der Waals surface area contributed by atoms with E-state index in [-0.39, 0.29) is 0 Å². The Morgan fingerprint density at radius 2 is 2.11 bits per heavy atom. The molecule has 0 spiro atoms. The van der Waals surface area contributed by atoms with Crippen molar-refractivity contribution in [1.29, 1.82) is 0 Å². The second kappa shape index (κ2) is 6.95. The molecule has 2 unspecified atom stereocenters. The summed E-state index contributed by atoms with van der Waals surface area (Å²) in [5, 5.41) is 3.61. The number of anilines is 1. The molecule has 0 saturated carbocycles. The van der Waals surface area contributed by atoms with E-state index in [1.54, 1.807) is 0 Å². The van der Waals surface area contributed by atoms with Crippen LogP contribution in [0.1, 0.15) is 51.6 Å². The Morgan fingerprint density at radius 3 is 2.84 bits per heavy atom. The molecule has 1 aromatic rings. The first kappa shape index (κ1) is 14.4. The first-order valence-electron chi connectivity index (χ1n) is 7.83.